The lowest BCUT2D eigenvalue weighted by molar-refractivity contribution is 0.325. The van der Waals surface area contributed by atoms with Crippen molar-refractivity contribution >= 4 is 22.6 Å². The second-order valence-corrected chi connectivity index (χ2v) is 8.03. The standard InChI is InChI=1S/C14H23IN2O/c1-8(13(2,3)4)11-16-10(14(5,6)7)9(15)12(18)17-11/h8H,1-7H3,(H,16,17,18). The zero-order valence-electron chi connectivity index (χ0n) is 12.3. The number of aromatic amines is 1. The first kappa shape index (κ1) is 15.7. The molecule has 1 rings (SSSR count). The van der Waals surface area contributed by atoms with Gasteiger partial charge in [-0.05, 0) is 28.0 Å². The Morgan fingerprint density at radius 1 is 1.17 bits per heavy atom. The molecule has 0 amide bonds. The monoisotopic (exact) mass is 362 g/mol. The fourth-order valence-corrected chi connectivity index (χ4v) is 2.65. The van der Waals surface area contributed by atoms with Crippen molar-refractivity contribution in [3.63, 3.8) is 0 Å². The summed E-state index contributed by atoms with van der Waals surface area (Å²) in [6.45, 7) is 14.8. The summed E-state index contributed by atoms with van der Waals surface area (Å²) in [5, 5.41) is 0. The molecule has 0 aliphatic carbocycles. The molecule has 0 aromatic carbocycles. The average Bonchev–Trinajstić information content (AvgIpc) is 2.17. The number of H-pyrrole nitrogens is 1. The van der Waals surface area contributed by atoms with Gasteiger partial charge in [-0.15, -0.1) is 0 Å². The molecule has 4 heteroatoms. The lowest BCUT2D eigenvalue weighted by atomic mass is 9.81. The van der Waals surface area contributed by atoms with E-state index in [-0.39, 0.29) is 22.3 Å². The maximum atomic E-state index is 12.0. The van der Waals surface area contributed by atoms with Crippen LogP contribution in [0.2, 0.25) is 0 Å². The number of nitrogens with zero attached hydrogens (tertiary/aromatic N) is 1. The Labute approximate surface area is 123 Å². The summed E-state index contributed by atoms with van der Waals surface area (Å²) in [6, 6.07) is 0. The molecule has 0 aliphatic rings. The highest BCUT2D eigenvalue weighted by atomic mass is 127. The van der Waals surface area contributed by atoms with E-state index >= 15 is 0 Å². The van der Waals surface area contributed by atoms with Gasteiger partial charge in [-0.25, -0.2) is 4.98 Å². The zero-order chi connectivity index (χ0) is 14.3. The van der Waals surface area contributed by atoms with Gasteiger partial charge in [0, 0.05) is 11.3 Å². The third kappa shape index (κ3) is 3.33. The van der Waals surface area contributed by atoms with Crippen molar-refractivity contribution in [1.82, 2.24) is 9.97 Å². The summed E-state index contributed by atoms with van der Waals surface area (Å²) in [6.07, 6.45) is 0. The summed E-state index contributed by atoms with van der Waals surface area (Å²) in [4.78, 5) is 19.7. The topological polar surface area (TPSA) is 45.8 Å². The molecule has 0 saturated carbocycles. The van der Waals surface area contributed by atoms with Crippen LogP contribution in [0.5, 0.6) is 0 Å². The van der Waals surface area contributed by atoms with E-state index < -0.39 is 0 Å². The van der Waals surface area contributed by atoms with Gasteiger partial charge in [-0.1, -0.05) is 48.5 Å². The quantitative estimate of drug-likeness (QED) is 0.772. The van der Waals surface area contributed by atoms with E-state index in [0.29, 0.717) is 3.57 Å². The van der Waals surface area contributed by atoms with Crippen LogP contribution in [0, 0.1) is 8.99 Å². The molecule has 1 aromatic rings. The number of halogens is 1. The molecule has 1 aromatic heterocycles. The first-order valence-electron chi connectivity index (χ1n) is 6.25. The molecule has 0 saturated heterocycles. The van der Waals surface area contributed by atoms with E-state index in [1.165, 1.54) is 0 Å². The van der Waals surface area contributed by atoms with Crippen LogP contribution in [0.25, 0.3) is 0 Å². The van der Waals surface area contributed by atoms with E-state index in [9.17, 15) is 4.79 Å². The predicted octanol–water partition coefficient (Wildman–Crippen LogP) is 3.82. The lowest BCUT2D eigenvalue weighted by Gasteiger charge is -2.28. The molecule has 0 fully saturated rings. The van der Waals surface area contributed by atoms with Crippen LogP contribution in [-0.2, 0) is 5.41 Å². The highest BCUT2D eigenvalue weighted by Crippen LogP contribution is 2.33. The van der Waals surface area contributed by atoms with Gasteiger partial charge in [0.1, 0.15) is 9.39 Å². The largest absolute Gasteiger partial charge is 0.309 e. The van der Waals surface area contributed by atoms with Gasteiger partial charge < -0.3 is 4.98 Å². The van der Waals surface area contributed by atoms with Gasteiger partial charge in [0.25, 0.3) is 5.56 Å². The first-order valence-corrected chi connectivity index (χ1v) is 7.32. The second kappa shape index (κ2) is 4.94. The van der Waals surface area contributed by atoms with Gasteiger partial charge in [0.2, 0.25) is 0 Å². The molecule has 1 N–H and O–H groups in total. The van der Waals surface area contributed by atoms with Gasteiger partial charge in [-0.3, -0.25) is 4.79 Å². The predicted molar refractivity (Wildman–Crippen MR) is 84.1 cm³/mol. The number of rotatable bonds is 1. The normalized spacial score (nSPS) is 14.7. The third-order valence-corrected chi connectivity index (χ3v) is 4.30. The van der Waals surface area contributed by atoms with Crippen molar-refractivity contribution in [2.45, 2.75) is 59.8 Å². The summed E-state index contributed by atoms with van der Waals surface area (Å²) in [5.74, 6) is 1.00. The number of hydrogen-bond donors (Lipinski definition) is 1. The van der Waals surface area contributed by atoms with Crippen molar-refractivity contribution in [1.29, 1.82) is 0 Å². The fourth-order valence-electron chi connectivity index (χ4n) is 1.59. The molecule has 0 aliphatic heterocycles. The summed E-state index contributed by atoms with van der Waals surface area (Å²) in [5.41, 5.74) is 0.828. The molecule has 102 valence electrons. The minimum atomic E-state index is -0.114. The average molecular weight is 362 g/mol. The van der Waals surface area contributed by atoms with E-state index in [0.717, 1.165) is 11.5 Å². The van der Waals surface area contributed by atoms with Crippen molar-refractivity contribution < 1.29 is 0 Å². The minimum absolute atomic E-state index is 0.0263. The highest BCUT2D eigenvalue weighted by Gasteiger charge is 2.27. The minimum Gasteiger partial charge on any atom is -0.309 e. The molecular weight excluding hydrogens is 339 g/mol. The van der Waals surface area contributed by atoms with Crippen LogP contribution in [0.15, 0.2) is 4.79 Å². The van der Waals surface area contributed by atoms with Crippen LogP contribution in [0.4, 0.5) is 0 Å². The lowest BCUT2D eigenvalue weighted by Crippen LogP contribution is -2.28. The van der Waals surface area contributed by atoms with Crippen LogP contribution >= 0.6 is 22.6 Å². The Kier molecular flexibility index (Phi) is 4.30. The Bertz CT molecular complexity index is 492. The SMILES string of the molecule is CC(c1nc(C(C)(C)C)c(I)c(=O)[nH]1)C(C)(C)C. The molecule has 1 atom stereocenters. The Morgan fingerprint density at radius 3 is 2.06 bits per heavy atom. The molecule has 1 unspecified atom stereocenters. The van der Waals surface area contributed by atoms with Crippen LogP contribution in [-0.4, -0.2) is 9.97 Å². The smallest absolute Gasteiger partial charge is 0.264 e. The summed E-state index contributed by atoms with van der Waals surface area (Å²) < 4.78 is 0.699. The number of hydrogen-bond acceptors (Lipinski definition) is 2. The van der Waals surface area contributed by atoms with Crippen molar-refractivity contribution in [2.24, 2.45) is 5.41 Å². The number of aromatic nitrogens is 2. The Hall–Kier alpha value is -0.390. The van der Waals surface area contributed by atoms with E-state index in [2.05, 4.69) is 76.0 Å². The molecule has 0 spiro atoms. The molecule has 0 radical (unpaired) electrons. The van der Waals surface area contributed by atoms with E-state index in [4.69, 9.17) is 4.98 Å². The Balaban J connectivity index is 3.43. The Morgan fingerprint density at radius 2 is 1.67 bits per heavy atom. The third-order valence-electron chi connectivity index (χ3n) is 3.30. The van der Waals surface area contributed by atoms with Crippen molar-refractivity contribution in [2.75, 3.05) is 0 Å². The fraction of sp³-hybridized carbons (Fsp3) is 0.714. The second-order valence-electron chi connectivity index (χ2n) is 6.95. The van der Waals surface area contributed by atoms with Crippen LogP contribution in [0.1, 0.15) is 65.9 Å². The summed E-state index contributed by atoms with van der Waals surface area (Å²) >= 11 is 2.08. The molecule has 18 heavy (non-hydrogen) atoms. The zero-order valence-corrected chi connectivity index (χ0v) is 14.5. The number of nitrogens with one attached hydrogen (secondary N) is 1. The van der Waals surface area contributed by atoms with Crippen molar-refractivity contribution in [3.05, 3.63) is 25.4 Å². The van der Waals surface area contributed by atoms with E-state index in [1.54, 1.807) is 0 Å². The van der Waals surface area contributed by atoms with Crippen LogP contribution in [0.3, 0.4) is 0 Å². The maximum Gasteiger partial charge on any atom is 0.264 e. The summed E-state index contributed by atoms with van der Waals surface area (Å²) in [7, 11) is 0. The van der Waals surface area contributed by atoms with Gasteiger partial charge in [0.05, 0.1) is 5.69 Å². The molecule has 0 bridgehead atoms. The van der Waals surface area contributed by atoms with Gasteiger partial charge in [-0.2, -0.15) is 0 Å². The van der Waals surface area contributed by atoms with Gasteiger partial charge in [0.15, 0.2) is 0 Å². The van der Waals surface area contributed by atoms with Gasteiger partial charge >= 0.3 is 0 Å². The van der Waals surface area contributed by atoms with E-state index in [1.807, 2.05) is 0 Å². The van der Waals surface area contributed by atoms with Crippen LogP contribution < -0.4 is 5.56 Å². The maximum absolute atomic E-state index is 12.0. The molecule has 3 nitrogen and oxygen atoms in total. The first-order chi connectivity index (χ1) is 7.94. The highest BCUT2D eigenvalue weighted by molar-refractivity contribution is 14.1. The molecule has 1 heterocycles. The molecular formula is C14H23IN2O. The van der Waals surface area contributed by atoms with Crippen molar-refractivity contribution in [3.8, 4) is 0 Å².